The van der Waals surface area contributed by atoms with E-state index in [0.717, 1.165) is 54.7 Å². The van der Waals surface area contributed by atoms with Crippen molar-refractivity contribution in [3.8, 4) is 5.75 Å². The van der Waals surface area contributed by atoms with Gasteiger partial charge in [0.25, 0.3) is 0 Å². The molecule has 0 amide bonds. The Balaban J connectivity index is 1.50. The van der Waals surface area contributed by atoms with Gasteiger partial charge < -0.3 is 9.30 Å². The van der Waals surface area contributed by atoms with Crippen LogP contribution in [0.1, 0.15) is 49.6 Å². The standard InChI is InChI=1S/C24H28N2O2/c1-16-6-4-5-7-19(16)14-24-25-22-15-21(12-13-23(22)26(24)3)28-20-10-8-18(9-11-20)17(2)27/h4-7,12-13,15,18,20H,8-11,14H2,1-3H3/t18-,20+. The van der Waals surface area contributed by atoms with Gasteiger partial charge in [-0.25, -0.2) is 4.98 Å². The van der Waals surface area contributed by atoms with Gasteiger partial charge in [-0.1, -0.05) is 24.3 Å². The maximum absolute atomic E-state index is 11.5. The van der Waals surface area contributed by atoms with Gasteiger partial charge in [0.2, 0.25) is 0 Å². The first-order valence-electron chi connectivity index (χ1n) is 10.2. The number of rotatable bonds is 5. The summed E-state index contributed by atoms with van der Waals surface area (Å²) in [6, 6.07) is 14.6. The van der Waals surface area contributed by atoms with Crippen LogP contribution in [0.25, 0.3) is 11.0 Å². The van der Waals surface area contributed by atoms with Crippen LogP contribution >= 0.6 is 0 Å². The van der Waals surface area contributed by atoms with Gasteiger partial charge >= 0.3 is 0 Å². The molecule has 28 heavy (non-hydrogen) atoms. The van der Waals surface area contributed by atoms with Crippen molar-refractivity contribution in [3.63, 3.8) is 0 Å². The Morgan fingerprint density at radius 2 is 1.89 bits per heavy atom. The number of nitrogens with zero attached hydrogens (tertiary/aromatic N) is 2. The molecule has 0 saturated heterocycles. The van der Waals surface area contributed by atoms with Crippen LogP contribution < -0.4 is 4.74 Å². The lowest BCUT2D eigenvalue weighted by atomic mass is 9.85. The third kappa shape index (κ3) is 3.82. The number of fused-ring (bicyclic) bond motifs is 1. The van der Waals surface area contributed by atoms with Crippen LogP contribution in [0.4, 0.5) is 0 Å². The largest absolute Gasteiger partial charge is 0.490 e. The summed E-state index contributed by atoms with van der Waals surface area (Å²) in [6.07, 6.45) is 4.79. The minimum Gasteiger partial charge on any atom is -0.490 e. The lowest BCUT2D eigenvalue weighted by Gasteiger charge is -2.27. The number of hydrogen-bond donors (Lipinski definition) is 0. The van der Waals surface area contributed by atoms with Gasteiger partial charge in [0.1, 0.15) is 17.4 Å². The van der Waals surface area contributed by atoms with E-state index in [4.69, 9.17) is 9.72 Å². The van der Waals surface area contributed by atoms with Crippen LogP contribution in [0.3, 0.4) is 0 Å². The highest BCUT2D eigenvalue weighted by Gasteiger charge is 2.25. The number of Topliss-reactive ketones (excluding diaryl/α,β-unsaturated/α-hetero) is 1. The number of ether oxygens (including phenoxy) is 1. The molecule has 0 aliphatic heterocycles. The summed E-state index contributed by atoms with van der Waals surface area (Å²) in [7, 11) is 2.08. The fourth-order valence-electron chi connectivity index (χ4n) is 4.22. The molecule has 0 atom stereocenters. The maximum Gasteiger partial charge on any atom is 0.132 e. The second kappa shape index (κ2) is 7.78. The molecule has 1 aliphatic carbocycles. The average molecular weight is 377 g/mol. The van der Waals surface area contributed by atoms with Crippen molar-refractivity contribution in [2.24, 2.45) is 13.0 Å². The smallest absolute Gasteiger partial charge is 0.132 e. The van der Waals surface area contributed by atoms with E-state index in [1.54, 1.807) is 6.92 Å². The van der Waals surface area contributed by atoms with Gasteiger partial charge in [-0.15, -0.1) is 0 Å². The maximum atomic E-state index is 11.5. The minimum atomic E-state index is 0.197. The van der Waals surface area contributed by atoms with Crippen molar-refractivity contribution in [2.75, 3.05) is 0 Å². The molecule has 4 nitrogen and oxygen atoms in total. The molecule has 0 N–H and O–H groups in total. The second-order valence-electron chi connectivity index (χ2n) is 8.04. The summed E-state index contributed by atoms with van der Waals surface area (Å²) >= 11 is 0. The lowest BCUT2D eigenvalue weighted by Crippen LogP contribution is -2.26. The van der Waals surface area contributed by atoms with E-state index < -0.39 is 0 Å². The number of carbonyl (C=O) groups excluding carboxylic acids is 1. The molecule has 3 aromatic rings. The summed E-state index contributed by atoms with van der Waals surface area (Å²) < 4.78 is 8.39. The van der Waals surface area contributed by atoms with Crippen LogP contribution in [0.5, 0.6) is 5.75 Å². The number of carbonyl (C=O) groups is 1. The van der Waals surface area contributed by atoms with Gasteiger partial charge in [-0.2, -0.15) is 0 Å². The van der Waals surface area contributed by atoms with Gasteiger partial charge in [0.15, 0.2) is 0 Å². The predicted molar refractivity (Wildman–Crippen MR) is 112 cm³/mol. The van der Waals surface area contributed by atoms with Crippen LogP contribution in [-0.2, 0) is 18.3 Å². The highest BCUT2D eigenvalue weighted by Crippen LogP contribution is 2.30. The Morgan fingerprint density at radius 3 is 2.61 bits per heavy atom. The molecule has 1 saturated carbocycles. The summed E-state index contributed by atoms with van der Waals surface area (Å²) in [6.45, 7) is 3.85. The zero-order valence-electron chi connectivity index (χ0n) is 16.9. The number of aryl methyl sites for hydroxylation is 2. The van der Waals surface area contributed by atoms with E-state index in [2.05, 4.69) is 48.9 Å². The summed E-state index contributed by atoms with van der Waals surface area (Å²) in [5.74, 6) is 2.47. The fourth-order valence-corrected chi connectivity index (χ4v) is 4.22. The monoisotopic (exact) mass is 376 g/mol. The summed E-state index contributed by atoms with van der Waals surface area (Å²) in [5.41, 5.74) is 4.69. The molecule has 4 heteroatoms. The molecule has 146 valence electrons. The molecule has 0 radical (unpaired) electrons. The van der Waals surface area contributed by atoms with Crippen molar-refractivity contribution >= 4 is 16.8 Å². The third-order valence-electron chi connectivity index (χ3n) is 6.11. The zero-order chi connectivity index (χ0) is 19.7. The zero-order valence-corrected chi connectivity index (χ0v) is 16.9. The molecule has 1 aliphatic rings. The molecule has 0 bridgehead atoms. The van der Waals surface area contributed by atoms with Gasteiger partial charge in [-0.3, -0.25) is 4.79 Å². The van der Waals surface area contributed by atoms with E-state index in [-0.39, 0.29) is 12.0 Å². The second-order valence-corrected chi connectivity index (χ2v) is 8.04. The first-order chi connectivity index (χ1) is 13.5. The number of hydrogen-bond acceptors (Lipinski definition) is 3. The summed E-state index contributed by atoms with van der Waals surface area (Å²) in [5, 5.41) is 0. The molecular formula is C24H28N2O2. The SMILES string of the molecule is Cc1ccccc1Cc1nc2cc(O[C@H]3CC[C@@H](C(C)=O)CC3)ccc2n1C. The van der Waals surface area contributed by atoms with Crippen molar-refractivity contribution in [1.82, 2.24) is 9.55 Å². The molecule has 4 rings (SSSR count). The normalized spacial score (nSPS) is 19.7. The van der Waals surface area contributed by atoms with E-state index in [1.807, 2.05) is 12.1 Å². The van der Waals surface area contributed by atoms with E-state index >= 15 is 0 Å². The molecule has 2 aromatic carbocycles. The van der Waals surface area contributed by atoms with Crippen LogP contribution in [0, 0.1) is 12.8 Å². The molecule has 0 unspecified atom stereocenters. The minimum absolute atomic E-state index is 0.197. The molecular weight excluding hydrogens is 348 g/mol. The van der Waals surface area contributed by atoms with Gasteiger partial charge in [0, 0.05) is 25.5 Å². The van der Waals surface area contributed by atoms with Crippen molar-refractivity contribution in [1.29, 1.82) is 0 Å². The number of ketones is 1. The molecule has 1 aromatic heterocycles. The van der Waals surface area contributed by atoms with Crippen molar-refractivity contribution in [3.05, 3.63) is 59.4 Å². The quantitative estimate of drug-likeness (QED) is 0.629. The molecule has 1 fully saturated rings. The Morgan fingerprint density at radius 1 is 1.14 bits per heavy atom. The van der Waals surface area contributed by atoms with Crippen molar-refractivity contribution < 1.29 is 9.53 Å². The van der Waals surface area contributed by atoms with Crippen LogP contribution in [0.15, 0.2) is 42.5 Å². The van der Waals surface area contributed by atoms with E-state index in [9.17, 15) is 4.79 Å². The number of aromatic nitrogens is 2. The first-order valence-corrected chi connectivity index (χ1v) is 10.2. The van der Waals surface area contributed by atoms with Gasteiger partial charge in [0.05, 0.1) is 17.1 Å². The Hall–Kier alpha value is -2.62. The highest BCUT2D eigenvalue weighted by atomic mass is 16.5. The average Bonchev–Trinajstić information content (AvgIpc) is 2.99. The van der Waals surface area contributed by atoms with Crippen molar-refractivity contribution in [2.45, 2.75) is 52.1 Å². The van der Waals surface area contributed by atoms with E-state index in [0.29, 0.717) is 5.78 Å². The Kier molecular flexibility index (Phi) is 5.21. The molecule has 0 spiro atoms. The number of benzene rings is 2. The Bertz CT molecular complexity index is 997. The summed E-state index contributed by atoms with van der Waals surface area (Å²) in [4.78, 5) is 16.4. The molecule has 1 heterocycles. The number of imidazole rings is 1. The fraction of sp³-hybridized carbons (Fsp3) is 0.417. The van der Waals surface area contributed by atoms with E-state index in [1.165, 1.54) is 11.1 Å². The van der Waals surface area contributed by atoms with Crippen LogP contribution in [-0.4, -0.2) is 21.4 Å². The topological polar surface area (TPSA) is 44.1 Å². The first kappa shape index (κ1) is 18.7. The lowest BCUT2D eigenvalue weighted by molar-refractivity contribution is -0.122. The third-order valence-corrected chi connectivity index (χ3v) is 6.11. The Labute approximate surface area is 166 Å². The van der Waals surface area contributed by atoms with Crippen LogP contribution in [0.2, 0.25) is 0 Å². The highest BCUT2D eigenvalue weighted by molar-refractivity contribution is 5.78. The van der Waals surface area contributed by atoms with Gasteiger partial charge in [-0.05, 0) is 62.8 Å². The predicted octanol–water partition coefficient (Wildman–Crippen LogP) is 5.00.